The Morgan fingerprint density at radius 1 is 0.960 bits per heavy atom. The van der Waals surface area contributed by atoms with E-state index in [1.54, 1.807) is 32.6 Å². The minimum atomic E-state index is -1.53. The molecule has 0 spiro atoms. The topological polar surface area (TPSA) is 0 Å². The van der Waals surface area contributed by atoms with E-state index in [1.165, 1.54) is 36.8 Å². The van der Waals surface area contributed by atoms with Crippen molar-refractivity contribution < 1.29 is 0 Å². The maximum atomic E-state index is 2.56. The van der Waals surface area contributed by atoms with Crippen LogP contribution in [0, 0.1) is 0 Å². The molecule has 0 radical (unpaired) electrons. The molecule has 1 heterocycles. The highest BCUT2D eigenvalue weighted by Gasteiger charge is 2.45. The maximum Gasteiger partial charge on any atom is 0.113 e. The highest BCUT2D eigenvalue weighted by atomic mass is 28.3. The summed E-state index contributed by atoms with van der Waals surface area (Å²) in [5.41, 5.74) is 9.45. The second-order valence-electron chi connectivity index (χ2n) is 8.48. The van der Waals surface area contributed by atoms with Gasteiger partial charge in [0, 0.05) is 0 Å². The minimum absolute atomic E-state index is 0.651. The Bertz CT molecular complexity index is 852. The van der Waals surface area contributed by atoms with E-state index in [9.17, 15) is 0 Å². The molecule has 1 aliphatic heterocycles. The zero-order valence-corrected chi connectivity index (χ0v) is 17.4. The average molecular weight is 347 g/mol. The van der Waals surface area contributed by atoms with Crippen LogP contribution >= 0.6 is 0 Å². The predicted molar refractivity (Wildman–Crippen MR) is 113 cm³/mol. The lowest BCUT2D eigenvalue weighted by atomic mass is 9.93. The molecule has 130 valence electrons. The molecule has 25 heavy (non-hydrogen) atoms. The van der Waals surface area contributed by atoms with E-state index in [-0.39, 0.29) is 0 Å². The minimum Gasteiger partial charge on any atom is -0.0655 e. The van der Waals surface area contributed by atoms with Crippen molar-refractivity contribution in [2.75, 3.05) is 0 Å². The van der Waals surface area contributed by atoms with Gasteiger partial charge in [-0.05, 0) is 63.4 Å². The van der Waals surface area contributed by atoms with E-state index in [0.29, 0.717) is 5.92 Å². The molecule has 0 N–H and O–H groups in total. The molecule has 0 amide bonds. The van der Waals surface area contributed by atoms with Gasteiger partial charge < -0.3 is 0 Å². The number of allylic oxidation sites excluding steroid dienone is 1. The summed E-state index contributed by atoms with van der Waals surface area (Å²) in [6, 6.07) is 14.4. The fraction of sp³-hybridized carbons (Fsp3) is 0.417. The Kier molecular flexibility index (Phi) is 4.03. The van der Waals surface area contributed by atoms with Gasteiger partial charge in [-0.2, -0.15) is 0 Å². The van der Waals surface area contributed by atoms with Gasteiger partial charge in [-0.1, -0.05) is 82.3 Å². The summed E-state index contributed by atoms with van der Waals surface area (Å²) in [6.45, 7) is 12.0. The molecule has 0 saturated carbocycles. The predicted octanol–water partition coefficient (Wildman–Crippen LogP) is 6.45. The van der Waals surface area contributed by atoms with Crippen molar-refractivity contribution in [2.24, 2.45) is 0 Å². The van der Waals surface area contributed by atoms with Gasteiger partial charge in [-0.25, -0.2) is 0 Å². The Hall–Kier alpha value is -1.60. The number of fused-ring (bicyclic) bond motifs is 1. The van der Waals surface area contributed by atoms with E-state index in [0.717, 1.165) is 0 Å². The van der Waals surface area contributed by atoms with Crippen LogP contribution in [0.2, 0.25) is 13.1 Å². The second-order valence-corrected chi connectivity index (χ2v) is 12.8. The Morgan fingerprint density at radius 3 is 2.32 bits per heavy atom. The molecular formula is C24H30Si. The average Bonchev–Trinajstić information content (AvgIpc) is 3.06. The van der Waals surface area contributed by atoms with Gasteiger partial charge in [0.2, 0.25) is 0 Å². The van der Waals surface area contributed by atoms with E-state index in [1.807, 2.05) is 0 Å². The molecule has 2 bridgehead atoms. The van der Waals surface area contributed by atoms with Gasteiger partial charge in [0.1, 0.15) is 8.07 Å². The SMILES string of the molecule is CCCC1=C2c3c(ccc(c3-c3ccc(C(C)CC)cc3)[Si]2(C)C)C1. The molecule has 1 atom stereocenters. The largest absolute Gasteiger partial charge is 0.113 e. The first kappa shape index (κ1) is 16.8. The van der Waals surface area contributed by atoms with Crippen molar-refractivity contribution in [2.45, 2.75) is 65.5 Å². The Balaban J connectivity index is 1.87. The van der Waals surface area contributed by atoms with Crippen LogP contribution in [-0.2, 0) is 6.42 Å². The van der Waals surface area contributed by atoms with E-state index < -0.39 is 8.07 Å². The van der Waals surface area contributed by atoms with E-state index in [4.69, 9.17) is 0 Å². The van der Waals surface area contributed by atoms with Crippen LogP contribution < -0.4 is 5.19 Å². The monoisotopic (exact) mass is 346 g/mol. The lowest BCUT2D eigenvalue weighted by Crippen LogP contribution is -2.39. The maximum absolute atomic E-state index is 2.56. The van der Waals surface area contributed by atoms with E-state index in [2.05, 4.69) is 70.3 Å². The van der Waals surface area contributed by atoms with Gasteiger partial charge in [0.05, 0.1) is 0 Å². The number of rotatable bonds is 5. The third kappa shape index (κ3) is 2.39. The first-order valence-corrected chi connectivity index (χ1v) is 13.0. The zero-order chi connectivity index (χ0) is 17.8. The number of hydrogen-bond donors (Lipinski definition) is 0. The fourth-order valence-corrected chi connectivity index (χ4v) is 8.68. The molecule has 2 aromatic rings. The van der Waals surface area contributed by atoms with E-state index >= 15 is 0 Å². The van der Waals surface area contributed by atoms with Crippen LogP contribution in [-0.4, -0.2) is 8.07 Å². The lowest BCUT2D eigenvalue weighted by molar-refractivity contribution is 0.734. The summed E-state index contributed by atoms with van der Waals surface area (Å²) in [5, 5.41) is 3.44. The third-order valence-corrected chi connectivity index (χ3v) is 10.1. The molecule has 2 aromatic carbocycles. The van der Waals surface area contributed by atoms with Crippen LogP contribution in [0.4, 0.5) is 0 Å². The molecule has 0 aromatic heterocycles. The molecule has 0 saturated heterocycles. The molecule has 1 heteroatoms. The van der Waals surface area contributed by atoms with Gasteiger partial charge in [0.15, 0.2) is 0 Å². The van der Waals surface area contributed by atoms with Crippen molar-refractivity contribution in [3.8, 4) is 11.1 Å². The molecule has 1 aliphatic carbocycles. The highest BCUT2D eigenvalue weighted by Crippen LogP contribution is 2.50. The standard InChI is InChI=1S/C24H30Si/c1-6-8-20-15-19-13-14-21-22(23(19)24(20)25(21,4)5)18-11-9-17(10-12-18)16(3)7-2/h9-14,16H,6-8,15H2,1-5H3. The third-order valence-electron chi connectivity index (χ3n) is 6.53. The fourth-order valence-electron chi connectivity index (χ4n) is 5.01. The van der Waals surface area contributed by atoms with Crippen LogP contribution in [0.25, 0.3) is 16.3 Å². The molecule has 4 rings (SSSR count). The van der Waals surface area contributed by atoms with Crippen LogP contribution in [0.3, 0.4) is 0 Å². The summed E-state index contributed by atoms with van der Waals surface area (Å²) < 4.78 is 0. The van der Waals surface area contributed by atoms with Crippen molar-refractivity contribution in [3.05, 3.63) is 58.7 Å². The molecule has 0 nitrogen and oxygen atoms in total. The molecular weight excluding hydrogens is 316 g/mol. The summed E-state index contributed by atoms with van der Waals surface area (Å²) >= 11 is 0. The van der Waals surface area contributed by atoms with Crippen LogP contribution in [0.15, 0.2) is 42.0 Å². The highest BCUT2D eigenvalue weighted by molar-refractivity contribution is 7.07. The summed E-state index contributed by atoms with van der Waals surface area (Å²) in [5.74, 6) is 0.651. The van der Waals surface area contributed by atoms with Gasteiger partial charge in [-0.3, -0.25) is 0 Å². The normalized spacial score (nSPS) is 18.1. The second kappa shape index (κ2) is 5.98. The lowest BCUT2D eigenvalue weighted by Gasteiger charge is -2.22. The van der Waals surface area contributed by atoms with Crippen molar-refractivity contribution >= 4 is 18.5 Å². The number of benzene rings is 2. The summed E-state index contributed by atoms with van der Waals surface area (Å²) in [6.07, 6.45) is 4.95. The molecule has 0 fully saturated rings. The smallest absolute Gasteiger partial charge is 0.0655 e. The summed E-state index contributed by atoms with van der Waals surface area (Å²) in [7, 11) is -1.53. The number of hydrogen-bond acceptors (Lipinski definition) is 0. The Morgan fingerprint density at radius 2 is 1.68 bits per heavy atom. The van der Waals surface area contributed by atoms with Crippen molar-refractivity contribution in [1.82, 2.24) is 0 Å². The quantitative estimate of drug-likeness (QED) is 0.546. The molecule has 1 unspecified atom stereocenters. The van der Waals surface area contributed by atoms with Gasteiger partial charge in [0.25, 0.3) is 0 Å². The molecule has 2 aliphatic rings. The van der Waals surface area contributed by atoms with Crippen molar-refractivity contribution in [1.29, 1.82) is 0 Å². The first-order chi connectivity index (χ1) is 12.0. The van der Waals surface area contributed by atoms with Gasteiger partial charge >= 0.3 is 0 Å². The van der Waals surface area contributed by atoms with Crippen LogP contribution in [0.1, 0.15) is 62.6 Å². The van der Waals surface area contributed by atoms with Crippen molar-refractivity contribution in [3.63, 3.8) is 0 Å². The summed E-state index contributed by atoms with van der Waals surface area (Å²) in [4.78, 5) is 0. The first-order valence-electron chi connectivity index (χ1n) is 9.98. The zero-order valence-electron chi connectivity index (χ0n) is 16.4. The van der Waals surface area contributed by atoms with Gasteiger partial charge in [-0.15, -0.1) is 0 Å². The van der Waals surface area contributed by atoms with Crippen LogP contribution in [0.5, 0.6) is 0 Å². The Labute approximate surface area is 154 Å².